The summed E-state index contributed by atoms with van der Waals surface area (Å²) in [5.74, 6) is 0. The molecule has 0 unspecified atom stereocenters. The predicted molar refractivity (Wildman–Crippen MR) is 34.2 cm³/mol. The van der Waals surface area contributed by atoms with E-state index in [0.717, 1.165) is 0 Å². The van der Waals surface area contributed by atoms with Gasteiger partial charge in [-0.3, -0.25) is 4.18 Å². The quantitative estimate of drug-likeness (QED) is 0.551. The predicted octanol–water partition coefficient (Wildman–Crippen LogP) is -0.368. The summed E-state index contributed by atoms with van der Waals surface area (Å²) in [7, 11) is -3.99. The van der Waals surface area contributed by atoms with E-state index in [1.54, 1.807) is 0 Å². The summed E-state index contributed by atoms with van der Waals surface area (Å²) in [5, 5.41) is 8.34. The van der Waals surface area contributed by atoms with Crippen molar-refractivity contribution in [1.82, 2.24) is 4.31 Å². The van der Waals surface area contributed by atoms with Gasteiger partial charge in [-0.05, 0) is 6.42 Å². The monoisotopic (exact) mass is 181 g/mol. The molecule has 1 heterocycles. The first-order valence-electron chi connectivity index (χ1n) is 2.94. The molecular formula is C4H7NO5S. The third kappa shape index (κ3) is 1.60. The molecule has 0 aromatic carbocycles. The van der Waals surface area contributed by atoms with Crippen LogP contribution in [0.4, 0.5) is 4.79 Å². The summed E-state index contributed by atoms with van der Waals surface area (Å²) in [5.41, 5.74) is 0. The number of amides is 1. The third-order valence-electron chi connectivity index (χ3n) is 1.22. The lowest BCUT2D eigenvalue weighted by molar-refractivity contribution is 0.151. The van der Waals surface area contributed by atoms with Gasteiger partial charge in [0, 0.05) is 6.54 Å². The maximum absolute atomic E-state index is 10.7. The molecule has 0 aromatic heterocycles. The lowest BCUT2D eigenvalue weighted by Crippen LogP contribution is -2.41. The number of rotatable bonds is 0. The Balaban J connectivity index is 2.85. The Morgan fingerprint density at radius 1 is 1.55 bits per heavy atom. The summed E-state index contributed by atoms with van der Waals surface area (Å²) in [6.45, 7) is 0.0454. The Morgan fingerprint density at radius 3 is 2.55 bits per heavy atom. The van der Waals surface area contributed by atoms with Crippen LogP contribution in [0.25, 0.3) is 0 Å². The van der Waals surface area contributed by atoms with Crippen LogP contribution in [0, 0.1) is 0 Å². The smallest absolute Gasteiger partial charge is 0.422 e. The summed E-state index contributed by atoms with van der Waals surface area (Å²) in [6.07, 6.45) is -1.09. The van der Waals surface area contributed by atoms with Crippen molar-refractivity contribution in [3.63, 3.8) is 0 Å². The van der Waals surface area contributed by atoms with Gasteiger partial charge in [0.2, 0.25) is 0 Å². The lowest BCUT2D eigenvalue weighted by Gasteiger charge is -2.22. The van der Waals surface area contributed by atoms with E-state index < -0.39 is 16.4 Å². The third-order valence-corrected chi connectivity index (χ3v) is 2.56. The molecule has 1 amide bonds. The van der Waals surface area contributed by atoms with Crippen molar-refractivity contribution < 1.29 is 22.5 Å². The van der Waals surface area contributed by atoms with Gasteiger partial charge >= 0.3 is 16.4 Å². The van der Waals surface area contributed by atoms with Gasteiger partial charge in [0.25, 0.3) is 0 Å². The molecule has 64 valence electrons. The van der Waals surface area contributed by atoms with E-state index in [1.807, 2.05) is 0 Å². The van der Waals surface area contributed by atoms with Crippen molar-refractivity contribution in [2.45, 2.75) is 6.42 Å². The van der Waals surface area contributed by atoms with E-state index in [4.69, 9.17) is 5.11 Å². The van der Waals surface area contributed by atoms with Crippen molar-refractivity contribution in [2.75, 3.05) is 13.2 Å². The van der Waals surface area contributed by atoms with E-state index >= 15 is 0 Å². The Morgan fingerprint density at radius 2 is 2.18 bits per heavy atom. The normalized spacial score (nSPS) is 23.1. The lowest BCUT2D eigenvalue weighted by atomic mass is 10.4. The van der Waals surface area contributed by atoms with Gasteiger partial charge < -0.3 is 5.11 Å². The Bertz CT molecular complexity index is 258. The molecule has 7 heteroatoms. The van der Waals surface area contributed by atoms with Gasteiger partial charge in [-0.15, -0.1) is 0 Å². The maximum atomic E-state index is 10.7. The van der Waals surface area contributed by atoms with Gasteiger partial charge in [0.15, 0.2) is 0 Å². The van der Waals surface area contributed by atoms with Gasteiger partial charge in [-0.25, -0.2) is 4.79 Å². The second-order valence-electron chi connectivity index (χ2n) is 1.99. The highest BCUT2D eigenvalue weighted by Gasteiger charge is 2.30. The zero-order valence-corrected chi connectivity index (χ0v) is 6.37. The molecule has 0 spiro atoms. The van der Waals surface area contributed by atoms with Crippen LogP contribution in [0.3, 0.4) is 0 Å². The highest BCUT2D eigenvalue weighted by atomic mass is 32.2. The molecular weight excluding hydrogens is 174 g/mol. The Hall–Kier alpha value is -0.820. The molecule has 11 heavy (non-hydrogen) atoms. The molecule has 1 saturated heterocycles. The van der Waals surface area contributed by atoms with Crippen LogP contribution in [0.5, 0.6) is 0 Å². The molecule has 0 aromatic rings. The van der Waals surface area contributed by atoms with Gasteiger partial charge in [-0.2, -0.15) is 12.7 Å². The fourth-order valence-electron chi connectivity index (χ4n) is 0.739. The Kier molecular flexibility index (Phi) is 2.01. The molecule has 1 N–H and O–H groups in total. The topological polar surface area (TPSA) is 83.9 Å². The van der Waals surface area contributed by atoms with Crippen LogP contribution >= 0.6 is 0 Å². The average Bonchev–Trinajstić information content (AvgIpc) is 1.85. The summed E-state index contributed by atoms with van der Waals surface area (Å²) < 4.78 is 26.0. The van der Waals surface area contributed by atoms with Gasteiger partial charge in [0.05, 0.1) is 6.61 Å². The number of carboxylic acid groups (broad SMARTS) is 1. The van der Waals surface area contributed by atoms with Crippen LogP contribution in [0.1, 0.15) is 6.42 Å². The largest absolute Gasteiger partial charge is 0.464 e. The first kappa shape index (κ1) is 8.28. The van der Waals surface area contributed by atoms with E-state index in [2.05, 4.69) is 4.18 Å². The van der Waals surface area contributed by atoms with E-state index in [9.17, 15) is 13.2 Å². The van der Waals surface area contributed by atoms with Crippen molar-refractivity contribution in [3.05, 3.63) is 0 Å². The number of hydrogen-bond acceptors (Lipinski definition) is 4. The highest BCUT2D eigenvalue weighted by Crippen LogP contribution is 2.10. The highest BCUT2D eigenvalue weighted by molar-refractivity contribution is 7.84. The second-order valence-corrected chi connectivity index (χ2v) is 3.52. The van der Waals surface area contributed by atoms with Crippen molar-refractivity contribution in [3.8, 4) is 0 Å². The van der Waals surface area contributed by atoms with Gasteiger partial charge in [0.1, 0.15) is 0 Å². The van der Waals surface area contributed by atoms with Crippen LogP contribution in [0.15, 0.2) is 0 Å². The van der Waals surface area contributed by atoms with E-state index in [0.29, 0.717) is 6.42 Å². The van der Waals surface area contributed by atoms with Crippen LogP contribution in [-0.4, -0.2) is 37.1 Å². The molecule has 0 saturated carbocycles. The molecule has 0 radical (unpaired) electrons. The summed E-state index contributed by atoms with van der Waals surface area (Å²) >= 11 is 0. The fraction of sp³-hybridized carbons (Fsp3) is 0.750. The minimum Gasteiger partial charge on any atom is -0.464 e. The van der Waals surface area contributed by atoms with Crippen molar-refractivity contribution >= 4 is 16.4 Å². The zero-order chi connectivity index (χ0) is 8.48. The maximum Gasteiger partial charge on any atom is 0.422 e. The SMILES string of the molecule is O=C(O)N1CCCOS1(=O)=O. The Labute approximate surface area is 63.6 Å². The molecule has 1 fully saturated rings. The number of hydrogen-bond donors (Lipinski definition) is 1. The first-order valence-corrected chi connectivity index (χ1v) is 4.30. The molecule has 6 nitrogen and oxygen atoms in total. The molecule has 1 aliphatic rings. The molecule has 0 atom stereocenters. The van der Waals surface area contributed by atoms with Crippen molar-refractivity contribution in [2.24, 2.45) is 0 Å². The van der Waals surface area contributed by atoms with Crippen LogP contribution in [-0.2, 0) is 14.5 Å². The minimum absolute atomic E-state index is 0.0162. The first-order chi connectivity index (χ1) is 5.04. The molecule has 1 rings (SSSR count). The zero-order valence-electron chi connectivity index (χ0n) is 5.56. The molecule has 0 bridgehead atoms. The molecule has 0 aliphatic carbocycles. The van der Waals surface area contributed by atoms with E-state index in [1.165, 1.54) is 0 Å². The molecule has 1 aliphatic heterocycles. The van der Waals surface area contributed by atoms with Crippen LogP contribution < -0.4 is 0 Å². The van der Waals surface area contributed by atoms with E-state index in [-0.39, 0.29) is 17.5 Å². The second kappa shape index (κ2) is 2.67. The number of carbonyl (C=O) groups is 1. The fourth-order valence-corrected chi connectivity index (χ4v) is 1.74. The van der Waals surface area contributed by atoms with Crippen LogP contribution in [0.2, 0.25) is 0 Å². The minimum atomic E-state index is -3.99. The van der Waals surface area contributed by atoms with Crippen molar-refractivity contribution in [1.29, 1.82) is 0 Å². The average molecular weight is 181 g/mol. The summed E-state index contributed by atoms with van der Waals surface area (Å²) in [4.78, 5) is 10.2. The van der Waals surface area contributed by atoms with Gasteiger partial charge in [-0.1, -0.05) is 0 Å². The standard InChI is InChI=1S/C4H7NO5S/c6-4(7)5-2-1-3-10-11(5,8)9/h1-3H2,(H,6,7). The number of nitrogens with zero attached hydrogens (tertiary/aromatic N) is 1. The summed E-state index contributed by atoms with van der Waals surface area (Å²) in [6, 6.07) is 0.